The van der Waals surface area contributed by atoms with Crippen molar-refractivity contribution < 1.29 is 14.3 Å². The van der Waals surface area contributed by atoms with Crippen LogP contribution in [0.25, 0.3) is 0 Å². The molecule has 0 radical (unpaired) electrons. The highest BCUT2D eigenvalue weighted by atomic mass is 16.5. The number of hydrogen-bond donors (Lipinski definition) is 0. The van der Waals surface area contributed by atoms with Gasteiger partial charge in [0.15, 0.2) is 5.78 Å². The Morgan fingerprint density at radius 3 is 2.65 bits per heavy atom. The minimum atomic E-state index is 0.0529. The van der Waals surface area contributed by atoms with E-state index in [1.54, 1.807) is 20.4 Å². The van der Waals surface area contributed by atoms with Crippen LogP contribution in [-0.2, 0) is 6.42 Å². The molecule has 136 valence electrons. The first-order valence-corrected chi connectivity index (χ1v) is 9.05. The van der Waals surface area contributed by atoms with E-state index in [9.17, 15) is 4.79 Å². The number of ketones is 1. The summed E-state index contributed by atoms with van der Waals surface area (Å²) in [6, 6.07) is 5.77. The molecule has 1 atom stereocenters. The van der Waals surface area contributed by atoms with Crippen LogP contribution >= 0.6 is 0 Å². The molecule has 1 saturated heterocycles. The number of ether oxygens (including phenoxy) is 2. The van der Waals surface area contributed by atoms with Crippen molar-refractivity contribution in [3.05, 3.63) is 41.2 Å². The Kier molecular flexibility index (Phi) is 4.49. The molecule has 0 unspecified atom stereocenters. The smallest absolute Gasteiger partial charge is 0.225 e. The maximum atomic E-state index is 12.7. The number of fused-ring (bicyclic) bond motifs is 1. The molecule has 6 nitrogen and oxygen atoms in total. The summed E-state index contributed by atoms with van der Waals surface area (Å²) in [6.45, 7) is 1.98. The lowest BCUT2D eigenvalue weighted by Gasteiger charge is -2.26. The SMILES string of the molecule is COc1ccc([C@H]2CC(=O)c3cnc(N4CCCC4)nc3C2)c(OC)c1. The lowest BCUT2D eigenvalue weighted by Crippen LogP contribution is -2.25. The van der Waals surface area contributed by atoms with Gasteiger partial charge in [0.1, 0.15) is 11.5 Å². The van der Waals surface area contributed by atoms with Gasteiger partial charge in [0, 0.05) is 37.7 Å². The van der Waals surface area contributed by atoms with Crippen LogP contribution in [0.15, 0.2) is 24.4 Å². The standard InChI is InChI=1S/C20H23N3O3/c1-25-14-5-6-15(19(11-14)26-2)13-9-17-16(18(24)10-13)12-21-20(22-17)23-7-3-4-8-23/h5-6,11-13H,3-4,7-10H2,1-2H3/t13-/m1/s1. The average Bonchev–Trinajstić information content (AvgIpc) is 3.21. The van der Waals surface area contributed by atoms with Crippen LogP contribution in [0.2, 0.25) is 0 Å². The molecule has 0 N–H and O–H groups in total. The van der Waals surface area contributed by atoms with Gasteiger partial charge in [-0.2, -0.15) is 0 Å². The van der Waals surface area contributed by atoms with E-state index in [2.05, 4.69) is 9.88 Å². The van der Waals surface area contributed by atoms with Crippen LogP contribution in [0, 0.1) is 0 Å². The summed E-state index contributed by atoms with van der Waals surface area (Å²) in [6.07, 6.45) is 5.21. The van der Waals surface area contributed by atoms with Gasteiger partial charge in [-0.25, -0.2) is 9.97 Å². The van der Waals surface area contributed by atoms with Gasteiger partial charge in [-0.05, 0) is 30.9 Å². The Balaban J connectivity index is 1.66. The van der Waals surface area contributed by atoms with Crippen molar-refractivity contribution >= 4 is 11.7 Å². The number of Topliss-reactive ketones (excluding diaryl/α,β-unsaturated/α-hetero) is 1. The van der Waals surface area contributed by atoms with E-state index >= 15 is 0 Å². The fourth-order valence-electron chi connectivity index (χ4n) is 3.88. The molecule has 1 aromatic heterocycles. The first kappa shape index (κ1) is 16.8. The van der Waals surface area contributed by atoms with Gasteiger partial charge in [-0.15, -0.1) is 0 Å². The zero-order valence-corrected chi connectivity index (χ0v) is 15.2. The maximum absolute atomic E-state index is 12.7. The predicted octanol–water partition coefficient (Wildman–Crippen LogP) is 3.01. The van der Waals surface area contributed by atoms with Crippen LogP contribution < -0.4 is 14.4 Å². The number of hydrogen-bond acceptors (Lipinski definition) is 6. The highest BCUT2D eigenvalue weighted by molar-refractivity contribution is 5.98. The third-order valence-electron chi connectivity index (χ3n) is 5.30. The summed E-state index contributed by atoms with van der Waals surface area (Å²) >= 11 is 0. The summed E-state index contributed by atoms with van der Waals surface area (Å²) < 4.78 is 10.8. The molecule has 2 heterocycles. The second kappa shape index (κ2) is 6.94. The highest BCUT2D eigenvalue weighted by Gasteiger charge is 2.30. The van der Waals surface area contributed by atoms with Crippen molar-refractivity contribution in [1.82, 2.24) is 9.97 Å². The first-order chi connectivity index (χ1) is 12.7. The van der Waals surface area contributed by atoms with E-state index < -0.39 is 0 Å². The van der Waals surface area contributed by atoms with Crippen molar-refractivity contribution in [1.29, 1.82) is 0 Å². The molecular weight excluding hydrogens is 330 g/mol. The third-order valence-corrected chi connectivity index (χ3v) is 5.30. The normalized spacial score (nSPS) is 19.4. The van der Waals surface area contributed by atoms with Crippen LogP contribution in [-0.4, -0.2) is 43.1 Å². The van der Waals surface area contributed by atoms with Crippen molar-refractivity contribution in [3.8, 4) is 11.5 Å². The molecule has 2 aromatic rings. The van der Waals surface area contributed by atoms with Crippen molar-refractivity contribution in [2.45, 2.75) is 31.6 Å². The van der Waals surface area contributed by atoms with E-state index in [4.69, 9.17) is 14.5 Å². The molecule has 0 bridgehead atoms. The lowest BCUT2D eigenvalue weighted by atomic mass is 9.82. The molecule has 1 aliphatic carbocycles. The largest absolute Gasteiger partial charge is 0.497 e. The number of aromatic nitrogens is 2. The van der Waals surface area contributed by atoms with Gasteiger partial charge in [0.25, 0.3) is 0 Å². The number of rotatable bonds is 4. The molecule has 6 heteroatoms. The topological polar surface area (TPSA) is 64.5 Å². The van der Waals surface area contributed by atoms with Crippen LogP contribution in [0.1, 0.15) is 46.8 Å². The summed E-state index contributed by atoms with van der Waals surface area (Å²) in [5.41, 5.74) is 2.53. The van der Waals surface area contributed by atoms with Crippen LogP contribution in [0.3, 0.4) is 0 Å². The fourth-order valence-corrected chi connectivity index (χ4v) is 3.88. The van der Waals surface area contributed by atoms with E-state index in [-0.39, 0.29) is 11.7 Å². The minimum absolute atomic E-state index is 0.0529. The maximum Gasteiger partial charge on any atom is 0.225 e. The number of carbonyl (C=O) groups is 1. The summed E-state index contributed by atoms with van der Waals surface area (Å²) in [5, 5.41) is 0. The quantitative estimate of drug-likeness (QED) is 0.842. The van der Waals surface area contributed by atoms with Crippen LogP contribution in [0.5, 0.6) is 11.5 Å². The van der Waals surface area contributed by atoms with Crippen molar-refractivity contribution in [2.24, 2.45) is 0 Å². The number of nitrogens with zero attached hydrogens (tertiary/aromatic N) is 3. The van der Waals surface area contributed by atoms with Gasteiger partial charge in [0.05, 0.1) is 25.5 Å². The highest BCUT2D eigenvalue weighted by Crippen LogP contribution is 2.38. The van der Waals surface area contributed by atoms with E-state index in [0.29, 0.717) is 18.4 Å². The fraction of sp³-hybridized carbons (Fsp3) is 0.450. The lowest BCUT2D eigenvalue weighted by molar-refractivity contribution is 0.0962. The van der Waals surface area contributed by atoms with E-state index in [1.807, 2.05) is 18.2 Å². The van der Waals surface area contributed by atoms with E-state index in [0.717, 1.165) is 41.8 Å². The first-order valence-electron chi connectivity index (χ1n) is 9.05. The Morgan fingerprint density at radius 1 is 1.12 bits per heavy atom. The van der Waals surface area contributed by atoms with Gasteiger partial charge in [-0.1, -0.05) is 6.07 Å². The summed E-state index contributed by atoms with van der Waals surface area (Å²) in [7, 11) is 3.27. The molecule has 4 rings (SSSR count). The molecule has 1 aliphatic heterocycles. The minimum Gasteiger partial charge on any atom is -0.497 e. The zero-order chi connectivity index (χ0) is 18.1. The molecular formula is C20H23N3O3. The summed E-state index contributed by atoms with van der Waals surface area (Å²) in [4.78, 5) is 24.0. The number of anilines is 1. The third kappa shape index (κ3) is 3.00. The number of methoxy groups -OCH3 is 2. The molecule has 1 aromatic carbocycles. The van der Waals surface area contributed by atoms with Crippen molar-refractivity contribution in [3.63, 3.8) is 0 Å². The van der Waals surface area contributed by atoms with Gasteiger partial charge in [0.2, 0.25) is 5.95 Å². The second-order valence-corrected chi connectivity index (χ2v) is 6.86. The number of benzene rings is 1. The molecule has 1 fully saturated rings. The molecule has 26 heavy (non-hydrogen) atoms. The average molecular weight is 353 g/mol. The predicted molar refractivity (Wildman–Crippen MR) is 98.4 cm³/mol. The van der Waals surface area contributed by atoms with Gasteiger partial charge in [-0.3, -0.25) is 4.79 Å². The Hall–Kier alpha value is -2.63. The monoisotopic (exact) mass is 353 g/mol. The number of carbonyl (C=O) groups excluding carboxylic acids is 1. The Morgan fingerprint density at radius 2 is 1.92 bits per heavy atom. The Labute approximate surface area is 153 Å². The second-order valence-electron chi connectivity index (χ2n) is 6.86. The molecule has 0 amide bonds. The summed E-state index contributed by atoms with van der Waals surface area (Å²) in [5.74, 6) is 2.39. The Bertz CT molecular complexity index is 831. The van der Waals surface area contributed by atoms with Gasteiger partial charge < -0.3 is 14.4 Å². The van der Waals surface area contributed by atoms with Crippen molar-refractivity contribution in [2.75, 3.05) is 32.2 Å². The molecule has 0 spiro atoms. The van der Waals surface area contributed by atoms with E-state index in [1.165, 1.54) is 12.8 Å². The van der Waals surface area contributed by atoms with Gasteiger partial charge >= 0.3 is 0 Å². The molecule has 0 saturated carbocycles. The van der Waals surface area contributed by atoms with Crippen LogP contribution in [0.4, 0.5) is 5.95 Å². The zero-order valence-electron chi connectivity index (χ0n) is 15.2. The molecule has 2 aliphatic rings.